The summed E-state index contributed by atoms with van der Waals surface area (Å²) in [6.07, 6.45) is 5.74. The van der Waals surface area contributed by atoms with E-state index >= 15 is 0 Å². The molecule has 0 spiro atoms. The third-order valence-electron chi connectivity index (χ3n) is 4.67. The van der Waals surface area contributed by atoms with Crippen LogP contribution in [0.1, 0.15) is 22.6 Å². The van der Waals surface area contributed by atoms with E-state index in [9.17, 15) is 4.79 Å². The first-order valence-electron chi connectivity index (χ1n) is 9.00. The Labute approximate surface area is 157 Å². The smallest absolute Gasteiger partial charge is 0.256 e. The summed E-state index contributed by atoms with van der Waals surface area (Å²) in [5.74, 6) is 1.69. The van der Waals surface area contributed by atoms with Crippen LogP contribution in [-0.2, 0) is 0 Å². The van der Waals surface area contributed by atoms with Gasteiger partial charge in [-0.2, -0.15) is 5.10 Å². The predicted molar refractivity (Wildman–Crippen MR) is 101 cm³/mol. The monoisotopic (exact) mass is 363 g/mol. The summed E-state index contributed by atoms with van der Waals surface area (Å²) in [6, 6.07) is 9.42. The molecule has 1 aliphatic heterocycles. The van der Waals surface area contributed by atoms with Crippen LogP contribution in [0.5, 0.6) is 0 Å². The van der Waals surface area contributed by atoms with Crippen molar-refractivity contribution in [3.05, 3.63) is 60.6 Å². The van der Waals surface area contributed by atoms with E-state index in [1.807, 2.05) is 42.2 Å². The zero-order valence-corrected chi connectivity index (χ0v) is 15.2. The molecule has 2 aromatic heterocycles. The van der Waals surface area contributed by atoms with E-state index in [-0.39, 0.29) is 5.91 Å². The molecule has 8 heteroatoms. The number of aryl methyl sites for hydroxylation is 1. The molecule has 0 radical (unpaired) electrons. The quantitative estimate of drug-likeness (QED) is 0.705. The molecule has 0 aliphatic carbocycles. The van der Waals surface area contributed by atoms with Gasteiger partial charge in [-0.25, -0.2) is 19.6 Å². The molecule has 0 atom stereocenters. The van der Waals surface area contributed by atoms with Gasteiger partial charge in [0.15, 0.2) is 0 Å². The Kier molecular flexibility index (Phi) is 4.78. The van der Waals surface area contributed by atoms with E-state index in [0.717, 1.165) is 36.8 Å². The molecular weight excluding hydrogens is 342 g/mol. The molecule has 0 bridgehead atoms. The molecule has 4 rings (SSSR count). The van der Waals surface area contributed by atoms with Gasteiger partial charge in [0.05, 0.1) is 11.3 Å². The van der Waals surface area contributed by atoms with Crippen molar-refractivity contribution < 1.29 is 4.79 Å². The molecule has 0 unspecified atom stereocenters. The van der Waals surface area contributed by atoms with Gasteiger partial charge in [-0.15, -0.1) is 0 Å². The summed E-state index contributed by atoms with van der Waals surface area (Å²) in [5, 5.41) is 4.17. The van der Waals surface area contributed by atoms with Crippen molar-refractivity contribution in [1.82, 2.24) is 29.6 Å². The predicted octanol–water partition coefficient (Wildman–Crippen LogP) is 1.72. The number of hydrogen-bond acceptors (Lipinski definition) is 6. The molecular formula is C19H21N7O. The van der Waals surface area contributed by atoms with Crippen LogP contribution >= 0.6 is 0 Å². The van der Waals surface area contributed by atoms with E-state index in [0.29, 0.717) is 18.7 Å². The molecule has 1 fully saturated rings. The number of anilines is 1. The molecule has 0 saturated carbocycles. The minimum atomic E-state index is 0.0156. The molecule has 8 nitrogen and oxygen atoms in total. The lowest BCUT2D eigenvalue weighted by molar-refractivity contribution is 0.0767. The maximum Gasteiger partial charge on any atom is 0.256 e. The van der Waals surface area contributed by atoms with Crippen molar-refractivity contribution in [1.29, 1.82) is 0 Å². The zero-order chi connectivity index (χ0) is 18.6. The molecule has 3 heterocycles. The Morgan fingerprint density at radius 2 is 1.96 bits per heavy atom. The van der Waals surface area contributed by atoms with Gasteiger partial charge in [0.25, 0.3) is 5.91 Å². The molecule has 1 aliphatic rings. The summed E-state index contributed by atoms with van der Waals surface area (Å²) in [6.45, 7) is 4.86. The van der Waals surface area contributed by atoms with Gasteiger partial charge in [0.1, 0.15) is 24.3 Å². The maximum absolute atomic E-state index is 13.2. The highest BCUT2D eigenvalue weighted by atomic mass is 16.2. The number of aromatic nitrogens is 5. The van der Waals surface area contributed by atoms with Crippen LogP contribution in [-0.4, -0.2) is 61.7 Å². The van der Waals surface area contributed by atoms with Crippen molar-refractivity contribution in [2.45, 2.75) is 13.3 Å². The summed E-state index contributed by atoms with van der Waals surface area (Å²) < 4.78 is 1.63. The Balaban J connectivity index is 1.53. The maximum atomic E-state index is 13.2. The van der Waals surface area contributed by atoms with Crippen LogP contribution in [0.3, 0.4) is 0 Å². The van der Waals surface area contributed by atoms with Gasteiger partial charge in [0, 0.05) is 32.4 Å². The highest BCUT2D eigenvalue weighted by Crippen LogP contribution is 2.18. The minimum Gasteiger partial charge on any atom is -0.355 e. The minimum absolute atomic E-state index is 0.0156. The van der Waals surface area contributed by atoms with Crippen molar-refractivity contribution in [3.63, 3.8) is 0 Å². The molecule has 1 saturated heterocycles. The summed E-state index contributed by atoms with van der Waals surface area (Å²) in [4.78, 5) is 30.0. The molecule has 138 valence electrons. The SMILES string of the molecule is Cc1nccc(N2CCCN(C(=O)c3ccccc3-n3cncn3)CC2)n1. The van der Waals surface area contributed by atoms with Gasteiger partial charge in [-0.3, -0.25) is 4.79 Å². The van der Waals surface area contributed by atoms with Gasteiger partial charge in [0.2, 0.25) is 0 Å². The number of carbonyl (C=O) groups excluding carboxylic acids is 1. The summed E-state index contributed by atoms with van der Waals surface area (Å²) in [7, 11) is 0. The fourth-order valence-electron chi connectivity index (χ4n) is 3.33. The number of hydrogen-bond donors (Lipinski definition) is 0. The molecule has 1 aromatic carbocycles. The number of nitrogens with zero attached hydrogens (tertiary/aromatic N) is 7. The second-order valence-electron chi connectivity index (χ2n) is 6.45. The van der Waals surface area contributed by atoms with Crippen molar-refractivity contribution in [2.24, 2.45) is 0 Å². The summed E-state index contributed by atoms with van der Waals surface area (Å²) in [5.41, 5.74) is 1.38. The van der Waals surface area contributed by atoms with Crippen molar-refractivity contribution in [2.75, 3.05) is 31.1 Å². The van der Waals surface area contributed by atoms with Crippen LogP contribution in [0.2, 0.25) is 0 Å². The molecule has 3 aromatic rings. The first kappa shape index (κ1) is 17.1. The van der Waals surface area contributed by atoms with E-state index in [2.05, 4.69) is 25.0 Å². The van der Waals surface area contributed by atoms with Crippen LogP contribution < -0.4 is 4.90 Å². The second kappa shape index (κ2) is 7.53. The third kappa shape index (κ3) is 3.64. The van der Waals surface area contributed by atoms with Crippen LogP contribution in [0.4, 0.5) is 5.82 Å². The van der Waals surface area contributed by atoms with Crippen LogP contribution in [0, 0.1) is 6.92 Å². The topological polar surface area (TPSA) is 80.0 Å². The zero-order valence-electron chi connectivity index (χ0n) is 15.2. The first-order chi connectivity index (χ1) is 13.2. The number of amides is 1. The van der Waals surface area contributed by atoms with Gasteiger partial charge >= 0.3 is 0 Å². The van der Waals surface area contributed by atoms with E-state index in [1.54, 1.807) is 17.2 Å². The lowest BCUT2D eigenvalue weighted by Gasteiger charge is -2.23. The molecule has 1 amide bonds. The summed E-state index contributed by atoms with van der Waals surface area (Å²) >= 11 is 0. The Bertz CT molecular complexity index is 925. The van der Waals surface area contributed by atoms with E-state index in [1.165, 1.54) is 6.33 Å². The standard InChI is InChI=1S/C19H21N7O/c1-15-21-8-7-18(23-15)24-9-4-10-25(12-11-24)19(27)16-5-2-3-6-17(16)26-14-20-13-22-26/h2-3,5-8,13-14H,4,9-12H2,1H3. The van der Waals surface area contributed by atoms with E-state index in [4.69, 9.17) is 0 Å². The van der Waals surface area contributed by atoms with Crippen molar-refractivity contribution >= 4 is 11.7 Å². The van der Waals surface area contributed by atoms with Gasteiger partial charge in [-0.05, 0) is 31.5 Å². The fourth-order valence-corrected chi connectivity index (χ4v) is 3.33. The number of carbonyl (C=O) groups is 1. The average molecular weight is 363 g/mol. The van der Waals surface area contributed by atoms with E-state index < -0.39 is 0 Å². The van der Waals surface area contributed by atoms with Crippen LogP contribution in [0.15, 0.2) is 49.2 Å². The lowest BCUT2D eigenvalue weighted by Crippen LogP contribution is -2.36. The largest absolute Gasteiger partial charge is 0.355 e. The third-order valence-corrected chi connectivity index (χ3v) is 4.67. The lowest BCUT2D eigenvalue weighted by atomic mass is 10.1. The van der Waals surface area contributed by atoms with Crippen LogP contribution in [0.25, 0.3) is 5.69 Å². The fraction of sp³-hybridized carbons (Fsp3) is 0.316. The number of benzene rings is 1. The molecule has 0 N–H and O–H groups in total. The van der Waals surface area contributed by atoms with Gasteiger partial charge in [-0.1, -0.05) is 12.1 Å². The first-order valence-corrected chi connectivity index (χ1v) is 9.00. The highest BCUT2D eigenvalue weighted by Gasteiger charge is 2.23. The number of rotatable bonds is 3. The average Bonchev–Trinajstić information content (AvgIpc) is 3.12. The normalized spacial score (nSPS) is 14.9. The Hall–Kier alpha value is -3.29. The second-order valence-corrected chi connectivity index (χ2v) is 6.45. The molecule has 27 heavy (non-hydrogen) atoms. The van der Waals surface area contributed by atoms with Gasteiger partial charge < -0.3 is 9.80 Å². The highest BCUT2D eigenvalue weighted by molar-refractivity contribution is 5.97. The Morgan fingerprint density at radius 1 is 1.07 bits per heavy atom. The number of para-hydroxylation sites is 1. The Morgan fingerprint density at radius 3 is 2.78 bits per heavy atom. The van der Waals surface area contributed by atoms with Crippen molar-refractivity contribution in [3.8, 4) is 5.69 Å².